The molecule has 0 aromatic rings. The molecule has 0 fully saturated rings. The molecule has 0 rings (SSSR count). The lowest BCUT2D eigenvalue weighted by molar-refractivity contribution is -0.147. The molecule has 6 heteroatoms. The Hall–Kier alpha value is -1.14. The van der Waals surface area contributed by atoms with Crippen molar-refractivity contribution >= 4 is 11.9 Å². The van der Waals surface area contributed by atoms with E-state index in [-0.39, 0.29) is 24.8 Å². The van der Waals surface area contributed by atoms with Crippen LogP contribution in [0.2, 0.25) is 0 Å². The Bertz CT molecular complexity index is 230. The molecule has 2 atom stereocenters. The Morgan fingerprint density at radius 1 is 1.40 bits per heavy atom. The molecule has 88 valence electrons. The van der Waals surface area contributed by atoms with Gasteiger partial charge in [0.2, 0.25) is 5.91 Å². The zero-order chi connectivity index (χ0) is 12.0. The van der Waals surface area contributed by atoms with Crippen molar-refractivity contribution in [3.8, 4) is 0 Å². The topological polar surface area (TPSA) is 113 Å². The Labute approximate surface area is 88.5 Å². The zero-order valence-corrected chi connectivity index (χ0v) is 8.93. The third-order valence-electron chi connectivity index (χ3n) is 2.02. The fourth-order valence-electron chi connectivity index (χ4n) is 0.876. The molecular formula is C9H18N2O4. The number of nitrogens with one attached hydrogen (secondary N) is 1. The number of rotatable bonds is 6. The van der Waals surface area contributed by atoms with Crippen LogP contribution in [0.3, 0.4) is 0 Å². The highest BCUT2D eigenvalue weighted by Gasteiger charge is 2.18. The third kappa shape index (κ3) is 5.34. The van der Waals surface area contributed by atoms with Crippen LogP contribution in [-0.4, -0.2) is 40.8 Å². The van der Waals surface area contributed by atoms with Gasteiger partial charge < -0.3 is 21.3 Å². The van der Waals surface area contributed by atoms with Gasteiger partial charge in [0.25, 0.3) is 0 Å². The molecule has 0 aromatic carbocycles. The van der Waals surface area contributed by atoms with Gasteiger partial charge in [-0.25, -0.2) is 4.79 Å². The minimum atomic E-state index is -1.44. The average Bonchev–Trinajstić information content (AvgIpc) is 2.15. The number of aliphatic carboxylic acids is 1. The molecule has 0 spiro atoms. The summed E-state index contributed by atoms with van der Waals surface area (Å²) in [7, 11) is 0. The highest BCUT2D eigenvalue weighted by molar-refractivity contribution is 5.81. The van der Waals surface area contributed by atoms with Crippen LogP contribution in [0.25, 0.3) is 0 Å². The number of amides is 1. The summed E-state index contributed by atoms with van der Waals surface area (Å²) in [4.78, 5) is 21.5. The first-order valence-corrected chi connectivity index (χ1v) is 4.80. The molecule has 0 heterocycles. The van der Waals surface area contributed by atoms with Crippen molar-refractivity contribution in [1.29, 1.82) is 0 Å². The number of aliphatic hydroxyl groups excluding tert-OH is 1. The van der Waals surface area contributed by atoms with Crippen LogP contribution >= 0.6 is 0 Å². The Balaban J connectivity index is 3.78. The quantitative estimate of drug-likeness (QED) is 0.453. The van der Waals surface area contributed by atoms with Gasteiger partial charge in [-0.05, 0) is 5.92 Å². The van der Waals surface area contributed by atoms with Gasteiger partial charge in [0.1, 0.15) is 0 Å². The zero-order valence-electron chi connectivity index (χ0n) is 8.93. The van der Waals surface area contributed by atoms with E-state index in [9.17, 15) is 9.59 Å². The van der Waals surface area contributed by atoms with E-state index < -0.39 is 18.1 Å². The SMILES string of the molecule is CC(C)C(N)C(=O)NCC[C@H](O)C(=O)O. The summed E-state index contributed by atoms with van der Waals surface area (Å²) in [6.07, 6.45) is -1.47. The molecule has 0 saturated carbocycles. The smallest absolute Gasteiger partial charge is 0.332 e. The van der Waals surface area contributed by atoms with Crippen molar-refractivity contribution in [3.63, 3.8) is 0 Å². The maximum absolute atomic E-state index is 11.3. The summed E-state index contributed by atoms with van der Waals surface area (Å²) in [6, 6.07) is -0.605. The van der Waals surface area contributed by atoms with Crippen LogP contribution in [0.1, 0.15) is 20.3 Å². The van der Waals surface area contributed by atoms with E-state index in [0.717, 1.165) is 0 Å². The van der Waals surface area contributed by atoms with Crippen molar-refractivity contribution in [1.82, 2.24) is 5.32 Å². The lowest BCUT2D eigenvalue weighted by atomic mass is 10.1. The first kappa shape index (κ1) is 13.9. The van der Waals surface area contributed by atoms with E-state index >= 15 is 0 Å². The van der Waals surface area contributed by atoms with Crippen LogP contribution in [0.5, 0.6) is 0 Å². The van der Waals surface area contributed by atoms with Gasteiger partial charge in [-0.3, -0.25) is 4.79 Å². The van der Waals surface area contributed by atoms with Gasteiger partial charge in [0, 0.05) is 13.0 Å². The van der Waals surface area contributed by atoms with Gasteiger partial charge in [-0.2, -0.15) is 0 Å². The lowest BCUT2D eigenvalue weighted by Gasteiger charge is -2.15. The van der Waals surface area contributed by atoms with E-state index in [4.69, 9.17) is 15.9 Å². The first-order valence-electron chi connectivity index (χ1n) is 4.80. The summed E-state index contributed by atoms with van der Waals surface area (Å²) < 4.78 is 0. The average molecular weight is 218 g/mol. The molecule has 0 bridgehead atoms. The number of carboxylic acids is 1. The van der Waals surface area contributed by atoms with E-state index in [2.05, 4.69) is 5.32 Å². The largest absolute Gasteiger partial charge is 0.479 e. The Kier molecular flexibility index (Phi) is 5.88. The van der Waals surface area contributed by atoms with Crippen molar-refractivity contribution in [2.24, 2.45) is 11.7 Å². The predicted molar refractivity (Wildman–Crippen MR) is 54.1 cm³/mol. The predicted octanol–water partition coefficient (Wildman–Crippen LogP) is -1.08. The molecule has 15 heavy (non-hydrogen) atoms. The second-order valence-electron chi connectivity index (χ2n) is 3.70. The summed E-state index contributed by atoms with van der Waals surface area (Å²) in [5.74, 6) is -1.60. The third-order valence-corrected chi connectivity index (χ3v) is 2.02. The van der Waals surface area contributed by atoms with E-state index in [1.165, 1.54) is 0 Å². The van der Waals surface area contributed by atoms with Crippen LogP contribution in [0.4, 0.5) is 0 Å². The second kappa shape index (κ2) is 6.36. The highest BCUT2D eigenvalue weighted by Crippen LogP contribution is 1.98. The maximum atomic E-state index is 11.3. The number of hydrogen-bond donors (Lipinski definition) is 4. The van der Waals surface area contributed by atoms with Crippen molar-refractivity contribution in [3.05, 3.63) is 0 Å². The first-order chi connectivity index (χ1) is 6.86. The maximum Gasteiger partial charge on any atom is 0.332 e. The molecule has 6 nitrogen and oxygen atoms in total. The van der Waals surface area contributed by atoms with Gasteiger partial charge >= 0.3 is 5.97 Å². The lowest BCUT2D eigenvalue weighted by Crippen LogP contribution is -2.44. The van der Waals surface area contributed by atoms with Crippen LogP contribution in [0.15, 0.2) is 0 Å². The molecule has 0 aromatic heterocycles. The Morgan fingerprint density at radius 2 is 1.93 bits per heavy atom. The molecule has 0 radical (unpaired) electrons. The van der Waals surface area contributed by atoms with Crippen LogP contribution in [0, 0.1) is 5.92 Å². The van der Waals surface area contributed by atoms with Crippen molar-refractivity contribution < 1.29 is 19.8 Å². The molecule has 0 aliphatic heterocycles. The molecule has 1 unspecified atom stereocenters. The molecule has 1 amide bonds. The minimum absolute atomic E-state index is 0.0219. The molecule has 0 aliphatic carbocycles. The fraction of sp³-hybridized carbons (Fsp3) is 0.778. The number of carbonyl (C=O) groups excluding carboxylic acids is 1. The summed E-state index contributed by atoms with van der Waals surface area (Å²) in [6.45, 7) is 3.74. The summed E-state index contributed by atoms with van der Waals surface area (Å²) >= 11 is 0. The van der Waals surface area contributed by atoms with Crippen molar-refractivity contribution in [2.75, 3.05) is 6.54 Å². The number of nitrogens with two attached hydrogens (primary N) is 1. The van der Waals surface area contributed by atoms with E-state index in [0.29, 0.717) is 0 Å². The second-order valence-corrected chi connectivity index (χ2v) is 3.70. The summed E-state index contributed by atoms with van der Waals surface area (Å²) in [5.41, 5.74) is 5.55. The normalized spacial score (nSPS) is 14.7. The monoisotopic (exact) mass is 218 g/mol. The van der Waals surface area contributed by atoms with Gasteiger partial charge in [-0.1, -0.05) is 13.8 Å². The number of carboxylic acid groups (broad SMARTS) is 1. The molecule has 5 N–H and O–H groups in total. The van der Waals surface area contributed by atoms with E-state index in [1.54, 1.807) is 0 Å². The molecule has 0 saturated heterocycles. The van der Waals surface area contributed by atoms with Gasteiger partial charge in [0.05, 0.1) is 6.04 Å². The van der Waals surface area contributed by atoms with Gasteiger partial charge in [-0.15, -0.1) is 0 Å². The minimum Gasteiger partial charge on any atom is -0.479 e. The summed E-state index contributed by atoms with van der Waals surface area (Å²) in [5, 5.41) is 19.7. The number of aliphatic hydroxyl groups is 1. The van der Waals surface area contributed by atoms with Crippen LogP contribution < -0.4 is 11.1 Å². The number of hydrogen-bond acceptors (Lipinski definition) is 4. The fourth-order valence-corrected chi connectivity index (χ4v) is 0.876. The molecule has 0 aliphatic rings. The number of carbonyl (C=O) groups is 2. The molecular weight excluding hydrogens is 200 g/mol. The standard InChI is InChI=1S/C9H18N2O4/c1-5(2)7(10)8(13)11-4-3-6(12)9(14)15/h5-7,12H,3-4,10H2,1-2H3,(H,11,13)(H,14,15)/t6-,7?/m0/s1. The van der Waals surface area contributed by atoms with E-state index in [1.807, 2.05) is 13.8 Å². The highest BCUT2D eigenvalue weighted by atomic mass is 16.4. The Morgan fingerprint density at radius 3 is 2.33 bits per heavy atom. The van der Waals surface area contributed by atoms with Crippen molar-refractivity contribution in [2.45, 2.75) is 32.4 Å². The van der Waals surface area contributed by atoms with Crippen LogP contribution in [-0.2, 0) is 9.59 Å². The van der Waals surface area contributed by atoms with Gasteiger partial charge in [0.15, 0.2) is 6.10 Å².